The molecule has 0 radical (unpaired) electrons. The van der Waals surface area contributed by atoms with Gasteiger partial charge in [-0.3, -0.25) is 4.79 Å². The number of nitrogens with one attached hydrogen (secondary N) is 1. The van der Waals surface area contributed by atoms with Crippen molar-refractivity contribution in [3.05, 3.63) is 51.5 Å². The molecule has 2 aromatic rings. The largest absolute Gasteiger partial charge is 0.353 e. The zero-order valence-corrected chi connectivity index (χ0v) is 13.1. The van der Waals surface area contributed by atoms with Gasteiger partial charge < -0.3 is 5.32 Å². The molecule has 0 unspecified atom stereocenters. The quantitative estimate of drug-likeness (QED) is 0.922. The number of aromatic nitrogens is 1. The van der Waals surface area contributed by atoms with Gasteiger partial charge in [-0.15, -0.1) is 11.3 Å². The molecule has 1 aliphatic rings. The molecule has 0 fully saturated rings. The number of rotatable bonds is 5. The Balaban J connectivity index is 1.41. The normalized spacial score (nSPS) is 14.1. The molecular weight excluding hydrogens is 280 g/mol. The SMILES string of the molecule is Cc1nc(CCCC(=O)NC2Cc3ccccc3C2)cs1. The second kappa shape index (κ2) is 6.39. The summed E-state index contributed by atoms with van der Waals surface area (Å²) in [6.07, 6.45) is 4.28. The summed E-state index contributed by atoms with van der Waals surface area (Å²) < 4.78 is 0. The van der Waals surface area contributed by atoms with E-state index in [-0.39, 0.29) is 11.9 Å². The van der Waals surface area contributed by atoms with E-state index in [1.165, 1.54) is 11.1 Å². The number of nitrogens with zero attached hydrogens (tertiary/aromatic N) is 1. The van der Waals surface area contributed by atoms with Gasteiger partial charge >= 0.3 is 0 Å². The molecule has 1 amide bonds. The molecule has 3 rings (SSSR count). The van der Waals surface area contributed by atoms with Gasteiger partial charge in [0.1, 0.15) is 0 Å². The van der Waals surface area contributed by atoms with E-state index in [1.807, 2.05) is 6.92 Å². The summed E-state index contributed by atoms with van der Waals surface area (Å²) in [5, 5.41) is 6.34. The van der Waals surface area contributed by atoms with E-state index in [2.05, 4.69) is 39.9 Å². The van der Waals surface area contributed by atoms with E-state index in [0.29, 0.717) is 6.42 Å². The Kier molecular flexibility index (Phi) is 4.34. The average Bonchev–Trinajstić information content (AvgIpc) is 3.04. The number of hydrogen-bond donors (Lipinski definition) is 1. The highest BCUT2D eigenvalue weighted by Gasteiger charge is 2.21. The smallest absolute Gasteiger partial charge is 0.220 e. The fourth-order valence-corrected chi connectivity index (χ4v) is 3.56. The van der Waals surface area contributed by atoms with Gasteiger partial charge in [-0.1, -0.05) is 24.3 Å². The standard InChI is InChI=1S/C17H20N2OS/c1-12-18-15(11-21-12)7-4-8-17(20)19-16-9-13-5-2-3-6-14(13)10-16/h2-3,5-6,11,16H,4,7-10H2,1H3,(H,19,20). The van der Waals surface area contributed by atoms with E-state index in [0.717, 1.165) is 36.4 Å². The van der Waals surface area contributed by atoms with Crippen LogP contribution >= 0.6 is 11.3 Å². The molecule has 0 saturated carbocycles. The van der Waals surface area contributed by atoms with Crippen LogP contribution in [0.2, 0.25) is 0 Å². The number of aryl methyl sites for hydroxylation is 2. The molecule has 1 N–H and O–H groups in total. The first kappa shape index (κ1) is 14.3. The third kappa shape index (κ3) is 3.70. The fraction of sp³-hybridized carbons (Fsp3) is 0.412. The molecule has 0 aliphatic heterocycles. The van der Waals surface area contributed by atoms with E-state index in [1.54, 1.807) is 11.3 Å². The molecule has 1 aliphatic carbocycles. The lowest BCUT2D eigenvalue weighted by atomic mass is 10.1. The molecule has 0 saturated heterocycles. The minimum atomic E-state index is 0.166. The first-order valence-electron chi connectivity index (χ1n) is 7.48. The Bertz CT molecular complexity index is 610. The third-order valence-electron chi connectivity index (χ3n) is 3.92. The summed E-state index contributed by atoms with van der Waals surface area (Å²) in [6, 6.07) is 8.73. The van der Waals surface area contributed by atoms with Crippen LogP contribution in [-0.2, 0) is 24.1 Å². The average molecular weight is 300 g/mol. The van der Waals surface area contributed by atoms with Crippen molar-refractivity contribution in [3.8, 4) is 0 Å². The van der Waals surface area contributed by atoms with E-state index in [4.69, 9.17) is 0 Å². The van der Waals surface area contributed by atoms with Crippen molar-refractivity contribution in [1.82, 2.24) is 10.3 Å². The molecule has 110 valence electrons. The van der Waals surface area contributed by atoms with Crippen LogP contribution in [0.4, 0.5) is 0 Å². The number of amides is 1. The zero-order chi connectivity index (χ0) is 14.7. The van der Waals surface area contributed by atoms with Gasteiger partial charge in [0.15, 0.2) is 0 Å². The van der Waals surface area contributed by atoms with Crippen molar-refractivity contribution in [3.63, 3.8) is 0 Å². The molecule has 4 heteroatoms. The summed E-state index contributed by atoms with van der Waals surface area (Å²) in [5.74, 6) is 0.166. The lowest BCUT2D eigenvalue weighted by Crippen LogP contribution is -2.35. The van der Waals surface area contributed by atoms with Crippen molar-refractivity contribution in [1.29, 1.82) is 0 Å². The lowest BCUT2D eigenvalue weighted by Gasteiger charge is -2.11. The maximum Gasteiger partial charge on any atom is 0.220 e. The van der Waals surface area contributed by atoms with Crippen molar-refractivity contribution in [2.75, 3.05) is 0 Å². The Morgan fingerprint density at radius 3 is 2.67 bits per heavy atom. The van der Waals surface area contributed by atoms with Gasteiger partial charge in [0.25, 0.3) is 0 Å². The summed E-state index contributed by atoms with van der Waals surface area (Å²) in [5.41, 5.74) is 3.86. The Morgan fingerprint density at radius 2 is 2.05 bits per heavy atom. The maximum atomic E-state index is 12.0. The van der Waals surface area contributed by atoms with Crippen molar-refractivity contribution < 1.29 is 4.79 Å². The lowest BCUT2D eigenvalue weighted by molar-refractivity contribution is -0.121. The summed E-state index contributed by atoms with van der Waals surface area (Å²) in [4.78, 5) is 16.4. The Labute approximate surface area is 129 Å². The van der Waals surface area contributed by atoms with Crippen LogP contribution in [0.3, 0.4) is 0 Å². The van der Waals surface area contributed by atoms with Gasteiger partial charge in [0, 0.05) is 17.8 Å². The van der Waals surface area contributed by atoms with Crippen LogP contribution in [0, 0.1) is 6.92 Å². The van der Waals surface area contributed by atoms with Crippen LogP contribution in [0.25, 0.3) is 0 Å². The minimum absolute atomic E-state index is 0.166. The molecule has 1 aromatic heterocycles. The monoisotopic (exact) mass is 300 g/mol. The van der Waals surface area contributed by atoms with E-state index >= 15 is 0 Å². The topological polar surface area (TPSA) is 42.0 Å². The van der Waals surface area contributed by atoms with Gasteiger partial charge in [-0.2, -0.15) is 0 Å². The predicted molar refractivity (Wildman–Crippen MR) is 85.6 cm³/mol. The molecule has 3 nitrogen and oxygen atoms in total. The van der Waals surface area contributed by atoms with Gasteiger partial charge in [0.05, 0.1) is 10.7 Å². The van der Waals surface area contributed by atoms with Crippen LogP contribution < -0.4 is 5.32 Å². The Hall–Kier alpha value is -1.68. The van der Waals surface area contributed by atoms with Crippen LogP contribution in [0.1, 0.15) is 34.7 Å². The van der Waals surface area contributed by atoms with Crippen molar-refractivity contribution in [2.24, 2.45) is 0 Å². The molecule has 0 spiro atoms. The molecule has 1 aromatic carbocycles. The Morgan fingerprint density at radius 1 is 1.33 bits per heavy atom. The molecular formula is C17H20N2OS. The fourth-order valence-electron chi connectivity index (χ4n) is 2.91. The van der Waals surface area contributed by atoms with Crippen LogP contribution in [0.15, 0.2) is 29.6 Å². The zero-order valence-electron chi connectivity index (χ0n) is 12.3. The maximum absolute atomic E-state index is 12.0. The highest BCUT2D eigenvalue weighted by Crippen LogP contribution is 2.21. The summed E-state index contributed by atoms with van der Waals surface area (Å²) >= 11 is 1.67. The first-order valence-corrected chi connectivity index (χ1v) is 8.36. The predicted octanol–water partition coefficient (Wildman–Crippen LogP) is 3.06. The summed E-state index contributed by atoms with van der Waals surface area (Å²) in [7, 11) is 0. The molecule has 21 heavy (non-hydrogen) atoms. The first-order chi connectivity index (χ1) is 10.2. The number of thiazole rings is 1. The van der Waals surface area contributed by atoms with E-state index in [9.17, 15) is 4.79 Å². The van der Waals surface area contributed by atoms with Gasteiger partial charge in [0.2, 0.25) is 5.91 Å². The van der Waals surface area contributed by atoms with Crippen molar-refractivity contribution >= 4 is 17.2 Å². The van der Waals surface area contributed by atoms with E-state index < -0.39 is 0 Å². The number of benzene rings is 1. The third-order valence-corrected chi connectivity index (χ3v) is 4.74. The second-order valence-electron chi connectivity index (χ2n) is 5.65. The molecule has 0 bridgehead atoms. The van der Waals surface area contributed by atoms with Crippen molar-refractivity contribution in [2.45, 2.75) is 45.1 Å². The minimum Gasteiger partial charge on any atom is -0.353 e. The molecule has 1 heterocycles. The number of carbonyl (C=O) groups excluding carboxylic acids is 1. The number of fused-ring (bicyclic) bond motifs is 1. The van der Waals surface area contributed by atoms with Gasteiger partial charge in [-0.25, -0.2) is 4.98 Å². The molecule has 0 atom stereocenters. The van der Waals surface area contributed by atoms with Crippen LogP contribution in [-0.4, -0.2) is 16.9 Å². The van der Waals surface area contributed by atoms with Crippen LogP contribution in [0.5, 0.6) is 0 Å². The highest BCUT2D eigenvalue weighted by molar-refractivity contribution is 7.09. The second-order valence-corrected chi connectivity index (χ2v) is 6.72. The number of carbonyl (C=O) groups is 1. The van der Waals surface area contributed by atoms with Gasteiger partial charge in [-0.05, 0) is 43.7 Å². The number of hydrogen-bond acceptors (Lipinski definition) is 3. The highest BCUT2D eigenvalue weighted by atomic mass is 32.1. The summed E-state index contributed by atoms with van der Waals surface area (Å²) in [6.45, 7) is 2.01.